The molecule has 10 heteroatoms. The van der Waals surface area contributed by atoms with E-state index in [0.717, 1.165) is 18.2 Å². The average Bonchev–Trinajstić information content (AvgIpc) is 3.06. The monoisotopic (exact) mass is 415 g/mol. The lowest BCUT2D eigenvalue weighted by Crippen LogP contribution is -2.21. The van der Waals surface area contributed by atoms with E-state index in [1.807, 2.05) is 6.92 Å². The van der Waals surface area contributed by atoms with Gasteiger partial charge >= 0.3 is 0 Å². The number of hydrogen-bond acceptors (Lipinski definition) is 5. The molecule has 8 nitrogen and oxygen atoms in total. The molecule has 0 bridgehead atoms. The Labute approximate surface area is 170 Å². The van der Waals surface area contributed by atoms with Gasteiger partial charge in [0.05, 0.1) is 23.7 Å². The summed E-state index contributed by atoms with van der Waals surface area (Å²) in [7, 11) is 0. The van der Waals surface area contributed by atoms with E-state index >= 15 is 0 Å². The third kappa shape index (κ3) is 4.77. The highest BCUT2D eigenvalue weighted by Crippen LogP contribution is 2.24. The fourth-order valence-corrected chi connectivity index (χ4v) is 2.67. The summed E-state index contributed by atoms with van der Waals surface area (Å²) in [6, 6.07) is 9.66. The van der Waals surface area contributed by atoms with Crippen molar-refractivity contribution in [2.75, 3.05) is 17.2 Å². The van der Waals surface area contributed by atoms with E-state index in [2.05, 4.69) is 20.9 Å². The van der Waals surface area contributed by atoms with Crippen molar-refractivity contribution in [3.05, 3.63) is 65.5 Å². The molecule has 1 heterocycles. The number of anilines is 2. The highest BCUT2D eigenvalue weighted by Gasteiger charge is 2.19. The SMILES string of the molecule is CCOc1ccccc1NC(=O)c1nnn(CC(=O)Nc2cc(F)ccc2F)c1C. The number of carbonyl (C=O) groups excluding carboxylic acids is 2. The first-order chi connectivity index (χ1) is 14.4. The van der Waals surface area contributed by atoms with E-state index < -0.39 is 23.4 Å². The summed E-state index contributed by atoms with van der Waals surface area (Å²) in [6.45, 7) is 3.50. The molecule has 0 saturated heterocycles. The molecule has 0 fully saturated rings. The second-order valence-corrected chi connectivity index (χ2v) is 6.24. The van der Waals surface area contributed by atoms with E-state index in [9.17, 15) is 18.4 Å². The first kappa shape index (κ1) is 20.9. The van der Waals surface area contributed by atoms with Crippen LogP contribution in [0.15, 0.2) is 42.5 Å². The quantitative estimate of drug-likeness (QED) is 0.618. The molecule has 1 aromatic heterocycles. The summed E-state index contributed by atoms with van der Waals surface area (Å²) in [5, 5.41) is 12.6. The molecule has 3 rings (SSSR count). The van der Waals surface area contributed by atoms with Crippen LogP contribution in [0.2, 0.25) is 0 Å². The van der Waals surface area contributed by atoms with Gasteiger partial charge in [-0.2, -0.15) is 0 Å². The zero-order valence-electron chi connectivity index (χ0n) is 16.3. The molecule has 0 radical (unpaired) electrons. The Morgan fingerprint density at radius 3 is 2.63 bits per heavy atom. The van der Waals surface area contributed by atoms with Crippen molar-refractivity contribution < 1.29 is 23.1 Å². The first-order valence-electron chi connectivity index (χ1n) is 9.07. The third-order valence-corrected chi connectivity index (χ3v) is 4.13. The molecular formula is C20H19F2N5O3. The van der Waals surface area contributed by atoms with Gasteiger partial charge in [-0.3, -0.25) is 9.59 Å². The maximum absolute atomic E-state index is 13.7. The van der Waals surface area contributed by atoms with Crippen LogP contribution in [0.1, 0.15) is 23.1 Å². The molecule has 3 aromatic rings. The molecule has 2 N–H and O–H groups in total. The lowest BCUT2D eigenvalue weighted by Gasteiger charge is -2.10. The molecule has 156 valence electrons. The zero-order valence-corrected chi connectivity index (χ0v) is 16.3. The predicted octanol–water partition coefficient (Wildman–Crippen LogP) is 3.15. The number of carbonyl (C=O) groups is 2. The van der Waals surface area contributed by atoms with Crippen LogP contribution in [-0.2, 0) is 11.3 Å². The number of nitrogens with one attached hydrogen (secondary N) is 2. The van der Waals surface area contributed by atoms with Gasteiger partial charge in [0.2, 0.25) is 5.91 Å². The summed E-state index contributed by atoms with van der Waals surface area (Å²) in [6.07, 6.45) is 0. The second-order valence-electron chi connectivity index (χ2n) is 6.24. The lowest BCUT2D eigenvalue weighted by atomic mass is 10.2. The summed E-state index contributed by atoms with van der Waals surface area (Å²) >= 11 is 0. The fraction of sp³-hybridized carbons (Fsp3) is 0.200. The molecule has 0 unspecified atom stereocenters. The number of amides is 2. The van der Waals surface area contributed by atoms with Crippen LogP contribution in [0.5, 0.6) is 5.75 Å². The Balaban J connectivity index is 1.70. The van der Waals surface area contributed by atoms with Gasteiger partial charge in [0.25, 0.3) is 5.91 Å². The zero-order chi connectivity index (χ0) is 21.7. The van der Waals surface area contributed by atoms with E-state index in [-0.39, 0.29) is 17.9 Å². The summed E-state index contributed by atoms with van der Waals surface area (Å²) in [5.41, 5.74) is 0.531. The number of nitrogens with zero attached hydrogens (tertiary/aromatic N) is 3. The van der Waals surface area contributed by atoms with Crippen LogP contribution in [0.3, 0.4) is 0 Å². The van der Waals surface area contributed by atoms with Gasteiger partial charge in [0.15, 0.2) is 5.69 Å². The number of benzene rings is 2. The minimum Gasteiger partial charge on any atom is -0.492 e. The van der Waals surface area contributed by atoms with Crippen molar-refractivity contribution in [3.8, 4) is 5.75 Å². The highest BCUT2D eigenvalue weighted by atomic mass is 19.1. The Bertz CT molecular complexity index is 1080. The largest absolute Gasteiger partial charge is 0.492 e. The van der Waals surface area contributed by atoms with Crippen LogP contribution in [0.25, 0.3) is 0 Å². The van der Waals surface area contributed by atoms with Crippen molar-refractivity contribution >= 4 is 23.2 Å². The van der Waals surface area contributed by atoms with Gasteiger partial charge in [-0.05, 0) is 38.1 Å². The highest BCUT2D eigenvalue weighted by molar-refractivity contribution is 6.04. The maximum Gasteiger partial charge on any atom is 0.278 e. The normalized spacial score (nSPS) is 10.5. The summed E-state index contributed by atoms with van der Waals surface area (Å²) in [5.74, 6) is -2.12. The van der Waals surface area contributed by atoms with Crippen LogP contribution in [0.4, 0.5) is 20.2 Å². The lowest BCUT2D eigenvalue weighted by molar-refractivity contribution is -0.117. The summed E-state index contributed by atoms with van der Waals surface area (Å²) in [4.78, 5) is 24.8. The van der Waals surface area contributed by atoms with E-state index in [1.165, 1.54) is 4.68 Å². The van der Waals surface area contributed by atoms with Gasteiger partial charge in [-0.25, -0.2) is 13.5 Å². The number of ether oxygens (including phenoxy) is 1. The Morgan fingerprint density at radius 1 is 1.10 bits per heavy atom. The van der Waals surface area contributed by atoms with E-state index in [0.29, 0.717) is 23.7 Å². The van der Waals surface area contributed by atoms with Gasteiger partial charge in [0.1, 0.15) is 23.9 Å². The molecule has 2 aromatic carbocycles. The average molecular weight is 415 g/mol. The van der Waals surface area contributed by atoms with Crippen molar-refractivity contribution in [3.63, 3.8) is 0 Å². The molecule has 0 atom stereocenters. The number of para-hydroxylation sites is 2. The first-order valence-corrected chi connectivity index (χ1v) is 9.07. The minimum absolute atomic E-state index is 0.0195. The molecule has 2 amide bonds. The maximum atomic E-state index is 13.7. The van der Waals surface area contributed by atoms with Crippen LogP contribution < -0.4 is 15.4 Å². The number of halogens is 2. The fourth-order valence-electron chi connectivity index (χ4n) is 2.67. The van der Waals surface area contributed by atoms with Crippen molar-refractivity contribution in [1.29, 1.82) is 0 Å². The Morgan fingerprint density at radius 2 is 1.87 bits per heavy atom. The third-order valence-electron chi connectivity index (χ3n) is 4.13. The molecule has 0 aliphatic carbocycles. The van der Waals surface area contributed by atoms with Crippen LogP contribution >= 0.6 is 0 Å². The Hall–Kier alpha value is -3.82. The van der Waals surface area contributed by atoms with Crippen molar-refractivity contribution in [1.82, 2.24) is 15.0 Å². The van der Waals surface area contributed by atoms with Crippen molar-refractivity contribution in [2.45, 2.75) is 20.4 Å². The van der Waals surface area contributed by atoms with Crippen molar-refractivity contribution in [2.24, 2.45) is 0 Å². The molecule has 0 aliphatic heterocycles. The van der Waals surface area contributed by atoms with Gasteiger partial charge in [-0.1, -0.05) is 17.3 Å². The van der Waals surface area contributed by atoms with Gasteiger partial charge in [0, 0.05) is 6.07 Å². The number of hydrogen-bond donors (Lipinski definition) is 2. The van der Waals surface area contributed by atoms with Crippen LogP contribution in [-0.4, -0.2) is 33.4 Å². The summed E-state index contributed by atoms with van der Waals surface area (Å²) < 4.78 is 33.6. The predicted molar refractivity (Wildman–Crippen MR) is 105 cm³/mol. The van der Waals surface area contributed by atoms with E-state index in [1.54, 1.807) is 31.2 Å². The van der Waals surface area contributed by atoms with Crippen LogP contribution in [0, 0.1) is 18.6 Å². The number of aromatic nitrogens is 3. The standard InChI is InChI=1S/C20H19F2N5O3/c1-3-30-17-7-5-4-6-15(17)24-20(29)19-12(2)27(26-25-19)11-18(28)23-16-10-13(21)8-9-14(16)22/h4-10H,3,11H2,1-2H3,(H,23,28)(H,24,29). The molecule has 0 aliphatic rings. The van der Waals surface area contributed by atoms with Gasteiger partial charge in [-0.15, -0.1) is 5.10 Å². The topological polar surface area (TPSA) is 98.1 Å². The second kappa shape index (κ2) is 9.12. The number of rotatable bonds is 7. The molecule has 0 saturated carbocycles. The molecular weight excluding hydrogens is 396 g/mol. The van der Waals surface area contributed by atoms with Gasteiger partial charge < -0.3 is 15.4 Å². The Kier molecular flexibility index (Phi) is 6.35. The van der Waals surface area contributed by atoms with E-state index in [4.69, 9.17) is 4.74 Å². The molecule has 0 spiro atoms. The molecule has 30 heavy (non-hydrogen) atoms. The smallest absolute Gasteiger partial charge is 0.278 e. The minimum atomic E-state index is -0.770.